The minimum atomic E-state index is -4.35. The van der Waals surface area contributed by atoms with Crippen molar-refractivity contribution in [3.8, 4) is 0 Å². The van der Waals surface area contributed by atoms with E-state index in [1.807, 2.05) is 0 Å². The van der Waals surface area contributed by atoms with Crippen LogP contribution in [-0.4, -0.2) is 10.9 Å². The fourth-order valence-electron chi connectivity index (χ4n) is 1.90. The molecule has 2 rings (SSSR count). The summed E-state index contributed by atoms with van der Waals surface area (Å²) in [5.41, 5.74) is 0.621. The van der Waals surface area contributed by atoms with Crippen LogP contribution in [0.1, 0.15) is 35.0 Å². The molecule has 0 spiro atoms. The highest BCUT2D eigenvalue weighted by Crippen LogP contribution is 2.31. The fourth-order valence-corrected chi connectivity index (χ4v) is 2.91. The van der Waals surface area contributed by atoms with E-state index >= 15 is 0 Å². The molecule has 1 heterocycles. The van der Waals surface area contributed by atoms with Crippen molar-refractivity contribution in [2.45, 2.75) is 32.9 Å². The van der Waals surface area contributed by atoms with Crippen LogP contribution >= 0.6 is 11.3 Å². The number of nitrogens with zero attached hydrogens (tertiary/aromatic N) is 1. The van der Waals surface area contributed by atoms with Gasteiger partial charge in [-0.05, 0) is 18.6 Å². The first-order valence-corrected chi connectivity index (χ1v) is 7.53. The molecular formula is C15H15F3N2OS. The Morgan fingerprint density at radius 1 is 1.36 bits per heavy atom. The lowest BCUT2D eigenvalue weighted by Crippen LogP contribution is -2.08. The Morgan fingerprint density at radius 2 is 2.09 bits per heavy atom. The van der Waals surface area contributed by atoms with E-state index in [-0.39, 0.29) is 5.91 Å². The first-order chi connectivity index (χ1) is 10.3. The minimum Gasteiger partial charge on any atom is -0.302 e. The van der Waals surface area contributed by atoms with Crippen molar-refractivity contribution in [2.75, 3.05) is 5.32 Å². The largest absolute Gasteiger partial charge is 0.416 e. The smallest absolute Gasteiger partial charge is 0.302 e. The molecule has 0 unspecified atom stereocenters. The lowest BCUT2D eigenvalue weighted by Gasteiger charge is -2.08. The summed E-state index contributed by atoms with van der Waals surface area (Å²) in [5.74, 6) is -0.139. The van der Waals surface area contributed by atoms with Crippen LogP contribution in [0.3, 0.4) is 0 Å². The van der Waals surface area contributed by atoms with Gasteiger partial charge in [0, 0.05) is 17.7 Å². The number of alkyl halides is 3. The van der Waals surface area contributed by atoms with E-state index in [9.17, 15) is 18.0 Å². The monoisotopic (exact) mass is 328 g/mol. The Hall–Kier alpha value is -1.89. The molecule has 1 aromatic carbocycles. The number of aromatic nitrogens is 1. The van der Waals surface area contributed by atoms with Crippen LogP contribution in [0.25, 0.3) is 0 Å². The zero-order valence-corrected chi connectivity index (χ0v) is 12.9. The quantitative estimate of drug-likeness (QED) is 0.903. The van der Waals surface area contributed by atoms with Gasteiger partial charge >= 0.3 is 6.18 Å². The van der Waals surface area contributed by atoms with Crippen LogP contribution in [0.15, 0.2) is 24.3 Å². The molecule has 0 aliphatic carbocycles. The van der Waals surface area contributed by atoms with Crippen LogP contribution in [0.2, 0.25) is 0 Å². The molecule has 0 saturated carbocycles. The predicted octanol–water partition coefficient (Wildman–Crippen LogP) is 4.41. The molecule has 1 aromatic heterocycles. The third-order valence-corrected chi connectivity index (χ3v) is 4.15. The first-order valence-electron chi connectivity index (χ1n) is 6.72. The lowest BCUT2D eigenvalue weighted by molar-refractivity contribution is -0.137. The molecule has 118 valence electrons. The molecular weight excluding hydrogens is 313 g/mol. The van der Waals surface area contributed by atoms with Gasteiger partial charge in [0.25, 0.3) is 0 Å². The molecule has 0 atom stereocenters. The maximum atomic E-state index is 12.7. The molecule has 1 N–H and O–H groups in total. The van der Waals surface area contributed by atoms with Crippen molar-refractivity contribution in [3.63, 3.8) is 0 Å². The SMILES string of the molecule is CCC(=O)Nc1nc(C)c(Cc2cccc(C(F)(F)F)c2)s1. The van der Waals surface area contributed by atoms with Gasteiger partial charge in [-0.1, -0.05) is 25.1 Å². The molecule has 0 radical (unpaired) electrons. The number of hydrogen-bond donors (Lipinski definition) is 1. The topological polar surface area (TPSA) is 42.0 Å². The Labute approximate surface area is 130 Å². The predicted molar refractivity (Wildman–Crippen MR) is 80.0 cm³/mol. The molecule has 0 aliphatic rings. The lowest BCUT2D eigenvalue weighted by atomic mass is 10.1. The van der Waals surface area contributed by atoms with Gasteiger partial charge < -0.3 is 5.32 Å². The number of hydrogen-bond acceptors (Lipinski definition) is 3. The van der Waals surface area contributed by atoms with Crippen molar-refractivity contribution < 1.29 is 18.0 Å². The summed E-state index contributed by atoms with van der Waals surface area (Å²) in [5, 5.41) is 3.14. The second kappa shape index (κ2) is 6.48. The summed E-state index contributed by atoms with van der Waals surface area (Å²) >= 11 is 1.29. The summed E-state index contributed by atoms with van der Waals surface area (Å²) < 4.78 is 38.1. The number of anilines is 1. The average Bonchev–Trinajstić information content (AvgIpc) is 2.78. The van der Waals surface area contributed by atoms with Gasteiger partial charge in [0.2, 0.25) is 5.91 Å². The summed E-state index contributed by atoms with van der Waals surface area (Å²) in [7, 11) is 0. The van der Waals surface area contributed by atoms with Crippen molar-refractivity contribution in [1.82, 2.24) is 4.98 Å². The second-order valence-electron chi connectivity index (χ2n) is 4.80. The van der Waals surface area contributed by atoms with Crippen molar-refractivity contribution in [3.05, 3.63) is 46.0 Å². The highest BCUT2D eigenvalue weighted by Gasteiger charge is 2.30. The van der Waals surface area contributed by atoms with E-state index in [0.29, 0.717) is 29.2 Å². The van der Waals surface area contributed by atoms with Gasteiger partial charge in [-0.2, -0.15) is 13.2 Å². The van der Waals surface area contributed by atoms with Crippen molar-refractivity contribution in [1.29, 1.82) is 0 Å². The number of carbonyl (C=O) groups excluding carboxylic acids is 1. The van der Waals surface area contributed by atoms with Crippen LogP contribution in [0, 0.1) is 6.92 Å². The summed E-state index contributed by atoms with van der Waals surface area (Å²) in [4.78, 5) is 16.4. The van der Waals surface area contributed by atoms with Crippen LogP contribution in [0.4, 0.5) is 18.3 Å². The number of carbonyl (C=O) groups is 1. The summed E-state index contributed by atoms with van der Waals surface area (Å²) in [6.07, 6.45) is -3.64. The zero-order valence-electron chi connectivity index (χ0n) is 12.1. The van der Waals surface area contributed by atoms with E-state index in [2.05, 4.69) is 10.3 Å². The van der Waals surface area contributed by atoms with Gasteiger partial charge in [0.15, 0.2) is 5.13 Å². The Morgan fingerprint density at radius 3 is 2.73 bits per heavy atom. The fraction of sp³-hybridized carbons (Fsp3) is 0.333. The van der Waals surface area contributed by atoms with E-state index in [1.165, 1.54) is 17.4 Å². The summed E-state index contributed by atoms with van der Waals surface area (Å²) in [6.45, 7) is 3.51. The van der Waals surface area contributed by atoms with Crippen LogP contribution < -0.4 is 5.32 Å². The van der Waals surface area contributed by atoms with Crippen LogP contribution in [-0.2, 0) is 17.4 Å². The standard InChI is InChI=1S/C15H15F3N2OS/c1-3-13(21)20-14-19-9(2)12(22-14)8-10-5-4-6-11(7-10)15(16,17)18/h4-7H,3,8H2,1-2H3,(H,19,20,21). The van der Waals surface area contributed by atoms with Crippen LogP contribution in [0.5, 0.6) is 0 Å². The molecule has 0 fully saturated rings. The number of rotatable bonds is 4. The number of aryl methyl sites for hydroxylation is 1. The molecule has 22 heavy (non-hydrogen) atoms. The van der Waals surface area contributed by atoms with Gasteiger partial charge in [0.1, 0.15) is 0 Å². The molecule has 0 bridgehead atoms. The zero-order chi connectivity index (χ0) is 16.3. The maximum absolute atomic E-state index is 12.7. The van der Waals surface area contributed by atoms with Gasteiger partial charge in [-0.15, -0.1) is 11.3 Å². The number of benzene rings is 1. The number of thiazole rings is 1. The molecule has 7 heteroatoms. The average molecular weight is 328 g/mol. The molecule has 0 aliphatic heterocycles. The van der Waals surface area contributed by atoms with E-state index < -0.39 is 11.7 Å². The molecule has 3 nitrogen and oxygen atoms in total. The number of nitrogens with one attached hydrogen (secondary N) is 1. The second-order valence-corrected chi connectivity index (χ2v) is 5.89. The van der Waals surface area contributed by atoms with E-state index in [1.54, 1.807) is 19.9 Å². The minimum absolute atomic E-state index is 0.139. The Bertz CT molecular complexity index is 680. The first kappa shape index (κ1) is 16.5. The molecule has 0 saturated heterocycles. The third-order valence-electron chi connectivity index (χ3n) is 3.08. The number of halogens is 3. The molecule has 1 amide bonds. The third kappa shape index (κ3) is 4.07. The van der Waals surface area contributed by atoms with E-state index in [0.717, 1.165) is 17.0 Å². The Kier molecular flexibility index (Phi) is 4.85. The van der Waals surface area contributed by atoms with Crippen molar-refractivity contribution >= 4 is 22.4 Å². The maximum Gasteiger partial charge on any atom is 0.416 e. The van der Waals surface area contributed by atoms with E-state index in [4.69, 9.17) is 0 Å². The van der Waals surface area contributed by atoms with Crippen molar-refractivity contribution in [2.24, 2.45) is 0 Å². The summed E-state index contributed by atoms with van der Waals surface area (Å²) in [6, 6.07) is 5.24. The molecule has 2 aromatic rings. The highest BCUT2D eigenvalue weighted by molar-refractivity contribution is 7.15. The van der Waals surface area contributed by atoms with Gasteiger partial charge in [-0.3, -0.25) is 4.79 Å². The van der Waals surface area contributed by atoms with Gasteiger partial charge in [0.05, 0.1) is 11.3 Å². The highest BCUT2D eigenvalue weighted by atomic mass is 32.1. The number of amides is 1. The van der Waals surface area contributed by atoms with Gasteiger partial charge in [-0.25, -0.2) is 4.98 Å². The normalized spacial score (nSPS) is 11.5. The Balaban J connectivity index is 2.19.